The number of benzene rings is 2. The van der Waals surface area contributed by atoms with Gasteiger partial charge in [0.2, 0.25) is 0 Å². The van der Waals surface area contributed by atoms with Crippen LogP contribution >= 0.6 is 23.2 Å². The summed E-state index contributed by atoms with van der Waals surface area (Å²) in [7, 11) is 0. The number of rotatable bonds is 8. The maximum Gasteiger partial charge on any atom is 0.0939 e. The largest absolute Gasteiger partial charge is 0.389 e. The molecule has 2 aromatic rings. The van der Waals surface area contributed by atoms with E-state index in [1.165, 1.54) is 0 Å². The highest BCUT2D eigenvalue weighted by molar-refractivity contribution is 6.35. The Morgan fingerprint density at radius 2 is 1.84 bits per heavy atom. The first kappa shape index (κ1) is 20.2. The fourth-order valence-electron chi connectivity index (χ4n) is 2.57. The van der Waals surface area contributed by atoms with Crippen LogP contribution in [0.2, 0.25) is 10.0 Å². The van der Waals surface area contributed by atoms with E-state index >= 15 is 0 Å². The third-order valence-electron chi connectivity index (χ3n) is 3.97. The van der Waals surface area contributed by atoms with Crippen LogP contribution in [0.25, 0.3) is 11.1 Å². The minimum atomic E-state index is -0.630. The Kier molecular flexibility index (Phi) is 7.69. The summed E-state index contributed by atoms with van der Waals surface area (Å²) in [4.78, 5) is 0. The second-order valence-electron chi connectivity index (χ2n) is 5.98. The van der Waals surface area contributed by atoms with Gasteiger partial charge in [0, 0.05) is 35.3 Å². The molecule has 0 amide bonds. The molecule has 2 aromatic carbocycles. The number of hydrogen-bond acceptors (Lipinski definition) is 4. The molecule has 6 heteroatoms. The highest BCUT2D eigenvalue weighted by Gasteiger charge is 2.16. The van der Waals surface area contributed by atoms with Crippen LogP contribution in [0, 0.1) is 0 Å². The summed E-state index contributed by atoms with van der Waals surface area (Å²) in [6, 6.07) is 13.4. The molecular weight excluding hydrogens is 359 g/mol. The summed E-state index contributed by atoms with van der Waals surface area (Å²) >= 11 is 12.3. The van der Waals surface area contributed by atoms with Gasteiger partial charge in [0.05, 0.1) is 12.2 Å². The lowest BCUT2D eigenvalue weighted by molar-refractivity contribution is -0.0366. The van der Waals surface area contributed by atoms with Crippen molar-refractivity contribution in [3.8, 4) is 11.1 Å². The van der Waals surface area contributed by atoms with E-state index in [1.54, 1.807) is 17.1 Å². The summed E-state index contributed by atoms with van der Waals surface area (Å²) in [6.45, 7) is 5.17. The molecule has 3 N–H and O–H groups in total. The van der Waals surface area contributed by atoms with Gasteiger partial charge >= 0.3 is 0 Å². The highest BCUT2D eigenvalue weighted by Crippen LogP contribution is 2.30. The molecule has 2 rings (SSSR count). The quantitative estimate of drug-likeness (QED) is 0.532. The molecule has 1 unspecified atom stereocenters. The van der Waals surface area contributed by atoms with Gasteiger partial charge in [0.15, 0.2) is 0 Å². The molecule has 0 saturated carbocycles. The highest BCUT2D eigenvalue weighted by atomic mass is 35.5. The number of nitrogens with two attached hydrogens (primary N) is 1. The minimum Gasteiger partial charge on any atom is -0.389 e. The molecule has 25 heavy (non-hydrogen) atoms. The van der Waals surface area contributed by atoms with Crippen LogP contribution in [0.5, 0.6) is 0 Å². The summed E-state index contributed by atoms with van der Waals surface area (Å²) in [5, 5.41) is 13.0. The molecule has 136 valence electrons. The van der Waals surface area contributed by atoms with Crippen LogP contribution < -0.4 is 5.84 Å². The van der Waals surface area contributed by atoms with Gasteiger partial charge in [-0.05, 0) is 43.2 Å². The third-order valence-corrected chi connectivity index (χ3v) is 4.54. The standard InChI is InChI=1S/C19H24Cl2N2O2/c1-3-25-13(2)19(24)12-23(22)11-14-4-6-15(7-5-14)17-10-16(20)8-9-18(17)21/h4-10,13,19,24H,3,11-12,22H2,1-2H3/t13?,19-/m1/s1. The van der Waals surface area contributed by atoms with Crippen molar-refractivity contribution in [3.63, 3.8) is 0 Å². The lowest BCUT2D eigenvalue weighted by Crippen LogP contribution is -2.42. The molecule has 0 fully saturated rings. The van der Waals surface area contributed by atoms with Crippen LogP contribution in [0.1, 0.15) is 19.4 Å². The summed E-state index contributed by atoms with van der Waals surface area (Å²) in [5.41, 5.74) is 2.93. The lowest BCUT2D eigenvalue weighted by atomic mass is 10.0. The van der Waals surface area contributed by atoms with Crippen LogP contribution in [0.4, 0.5) is 0 Å². The average Bonchev–Trinajstić information content (AvgIpc) is 2.58. The van der Waals surface area contributed by atoms with Crippen molar-refractivity contribution in [1.82, 2.24) is 5.01 Å². The van der Waals surface area contributed by atoms with E-state index < -0.39 is 6.10 Å². The van der Waals surface area contributed by atoms with Gasteiger partial charge in [0.25, 0.3) is 0 Å². The molecular formula is C19H24Cl2N2O2. The average molecular weight is 383 g/mol. The number of halogens is 2. The number of aliphatic hydroxyl groups excluding tert-OH is 1. The lowest BCUT2D eigenvalue weighted by Gasteiger charge is -2.24. The first-order valence-electron chi connectivity index (χ1n) is 8.24. The SMILES string of the molecule is CCOC(C)[C@H](O)CN(N)Cc1ccc(-c2cc(Cl)ccc2Cl)cc1. The molecule has 0 aromatic heterocycles. The zero-order valence-corrected chi connectivity index (χ0v) is 16.0. The van der Waals surface area contributed by atoms with E-state index in [-0.39, 0.29) is 6.10 Å². The summed E-state index contributed by atoms with van der Waals surface area (Å²) < 4.78 is 5.38. The fraction of sp³-hybridized carbons (Fsp3) is 0.368. The van der Waals surface area contributed by atoms with Crippen molar-refractivity contribution in [1.29, 1.82) is 0 Å². The zero-order chi connectivity index (χ0) is 18.4. The molecule has 0 heterocycles. The van der Waals surface area contributed by atoms with E-state index in [9.17, 15) is 5.11 Å². The molecule has 0 spiro atoms. The molecule has 0 aliphatic heterocycles. The second kappa shape index (κ2) is 9.53. The number of hydrazine groups is 1. The first-order chi connectivity index (χ1) is 11.9. The third kappa shape index (κ3) is 5.96. The predicted molar refractivity (Wildman–Crippen MR) is 104 cm³/mol. The van der Waals surface area contributed by atoms with Gasteiger partial charge in [-0.3, -0.25) is 5.84 Å². The van der Waals surface area contributed by atoms with Crippen molar-refractivity contribution in [2.24, 2.45) is 5.84 Å². The number of nitrogens with zero attached hydrogens (tertiary/aromatic N) is 1. The van der Waals surface area contributed by atoms with E-state index in [0.717, 1.165) is 16.7 Å². The number of aliphatic hydroxyl groups is 1. The van der Waals surface area contributed by atoms with E-state index in [0.29, 0.717) is 29.7 Å². The fourth-order valence-corrected chi connectivity index (χ4v) is 2.97. The Morgan fingerprint density at radius 1 is 1.16 bits per heavy atom. The Labute approximate surface area is 159 Å². The van der Waals surface area contributed by atoms with Crippen LogP contribution in [-0.2, 0) is 11.3 Å². The van der Waals surface area contributed by atoms with Crippen LogP contribution in [-0.4, -0.2) is 35.5 Å². The van der Waals surface area contributed by atoms with Gasteiger partial charge in [-0.25, -0.2) is 5.01 Å². The van der Waals surface area contributed by atoms with Crippen molar-refractivity contribution in [2.45, 2.75) is 32.6 Å². The molecule has 0 bridgehead atoms. The van der Waals surface area contributed by atoms with Gasteiger partial charge in [-0.15, -0.1) is 0 Å². The molecule has 2 atom stereocenters. The maximum absolute atomic E-state index is 10.1. The van der Waals surface area contributed by atoms with Crippen LogP contribution in [0.15, 0.2) is 42.5 Å². The summed E-state index contributed by atoms with van der Waals surface area (Å²) in [5.74, 6) is 6.01. The molecule has 0 aliphatic carbocycles. The Morgan fingerprint density at radius 3 is 2.48 bits per heavy atom. The van der Waals surface area contributed by atoms with Crippen molar-refractivity contribution < 1.29 is 9.84 Å². The van der Waals surface area contributed by atoms with E-state index in [2.05, 4.69) is 0 Å². The number of ether oxygens (including phenoxy) is 1. The first-order valence-corrected chi connectivity index (χ1v) is 9.00. The van der Waals surface area contributed by atoms with Crippen molar-refractivity contribution in [3.05, 3.63) is 58.1 Å². The van der Waals surface area contributed by atoms with Gasteiger partial charge in [-0.2, -0.15) is 0 Å². The second-order valence-corrected chi connectivity index (χ2v) is 6.82. The van der Waals surface area contributed by atoms with Crippen LogP contribution in [0.3, 0.4) is 0 Å². The van der Waals surface area contributed by atoms with Gasteiger partial charge in [0.1, 0.15) is 0 Å². The molecule has 4 nitrogen and oxygen atoms in total. The topological polar surface area (TPSA) is 58.7 Å². The monoisotopic (exact) mass is 382 g/mol. The maximum atomic E-state index is 10.1. The Balaban J connectivity index is 1.99. The van der Waals surface area contributed by atoms with Gasteiger partial charge in [-0.1, -0.05) is 47.5 Å². The normalized spacial score (nSPS) is 13.9. The Bertz CT molecular complexity index is 680. The molecule has 0 saturated heterocycles. The van der Waals surface area contributed by atoms with E-state index in [1.807, 2.05) is 44.2 Å². The molecule has 0 aliphatic rings. The minimum absolute atomic E-state index is 0.247. The van der Waals surface area contributed by atoms with Crippen molar-refractivity contribution in [2.75, 3.05) is 13.2 Å². The predicted octanol–water partition coefficient (Wildman–Crippen LogP) is 4.12. The zero-order valence-electron chi connectivity index (χ0n) is 14.5. The summed E-state index contributed by atoms with van der Waals surface area (Å²) in [6.07, 6.45) is -0.877. The number of hydrogen-bond donors (Lipinski definition) is 2. The smallest absolute Gasteiger partial charge is 0.0939 e. The van der Waals surface area contributed by atoms with Gasteiger partial charge < -0.3 is 9.84 Å². The molecule has 0 radical (unpaired) electrons. The van der Waals surface area contributed by atoms with Crippen molar-refractivity contribution >= 4 is 23.2 Å². The Hall–Kier alpha value is -1.14. The van der Waals surface area contributed by atoms with E-state index in [4.69, 9.17) is 33.8 Å².